The summed E-state index contributed by atoms with van der Waals surface area (Å²) < 4.78 is 5.56. The lowest BCUT2D eigenvalue weighted by Gasteiger charge is -2.22. The van der Waals surface area contributed by atoms with Crippen LogP contribution >= 0.6 is 24.0 Å². The number of hydrogen-bond acceptors (Lipinski definition) is 3. The standard InChI is InChI=1S/C19H32N4O.HI/c1-6-24-14-16-9-10-23(13-16)19(20-3)21-12-17-7-8-18(22(4)5)11-15(17)2;/h7-8,11,16H,6,9-10,12-14H2,1-5H3,(H,20,21);1H. The summed E-state index contributed by atoms with van der Waals surface area (Å²) in [4.78, 5) is 8.93. The summed E-state index contributed by atoms with van der Waals surface area (Å²) in [6.45, 7) is 8.76. The quantitative estimate of drug-likeness (QED) is 0.403. The van der Waals surface area contributed by atoms with Gasteiger partial charge >= 0.3 is 0 Å². The van der Waals surface area contributed by atoms with Gasteiger partial charge in [0, 0.05) is 59.0 Å². The Morgan fingerprint density at radius 2 is 2.16 bits per heavy atom. The molecule has 0 bridgehead atoms. The van der Waals surface area contributed by atoms with Crippen LogP contribution in [-0.2, 0) is 11.3 Å². The molecule has 1 atom stereocenters. The summed E-state index contributed by atoms with van der Waals surface area (Å²) in [6.07, 6.45) is 1.18. The first-order valence-electron chi connectivity index (χ1n) is 8.85. The van der Waals surface area contributed by atoms with Gasteiger partial charge in [-0.05, 0) is 43.5 Å². The zero-order valence-electron chi connectivity index (χ0n) is 16.2. The van der Waals surface area contributed by atoms with Gasteiger partial charge in [0.15, 0.2) is 5.96 Å². The molecule has 0 aromatic heterocycles. The van der Waals surface area contributed by atoms with Crippen molar-refractivity contribution in [1.82, 2.24) is 10.2 Å². The molecular weight excluding hydrogens is 427 g/mol. The van der Waals surface area contributed by atoms with Crippen molar-refractivity contribution >= 4 is 35.6 Å². The molecule has 1 unspecified atom stereocenters. The van der Waals surface area contributed by atoms with Gasteiger partial charge in [-0.3, -0.25) is 4.99 Å². The molecule has 0 aliphatic carbocycles. The molecule has 142 valence electrons. The normalized spacial score (nSPS) is 17.4. The Balaban J connectivity index is 0.00000312. The average Bonchev–Trinajstić information content (AvgIpc) is 3.03. The number of likely N-dealkylation sites (tertiary alicyclic amines) is 1. The number of ether oxygens (including phenoxy) is 1. The molecular formula is C19H33IN4O. The number of halogens is 1. The molecule has 1 aliphatic rings. The maximum absolute atomic E-state index is 5.56. The Morgan fingerprint density at radius 1 is 1.40 bits per heavy atom. The Labute approximate surface area is 169 Å². The van der Waals surface area contributed by atoms with Crippen molar-refractivity contribution in [3.63, 3.8) is 0 Å². The molecule has 6 heteroatoms. The minimum absolute atomic E-state index is 0. The fraction of sp³-hybridized carbons (Fsp3) is 0.632. The summed E-state index contributed by atoms with van der Waals surface area (Å²) in [5, 5.41) is 3.52. The molecule has 0 radical (unpaired) electrons. The van der Waals surface area contributed by atoms with Crippen LogP contribution in [0.15, 0.2) is 23.2 Å². The van der Waals surface area contributed by atoms with Crippen LogP contribution in [-0.4, -0.2) is 58.3 Å². The maximum Gasteiger partial charge on any atom is 0.193 e. The fourth-order valence-corrected chi connectivity index (χ4v) is 3.11. The first kappa shape index (κ1) is 22.0. The van der Waals surface area contributed by atoms with Crippen LogP contribution in [0.1, 0.15) is 24.5 Å². The van der Waals surface area contributed by atoms with E-state index in [1.807, 2.05) is 7.05 Å². The number of nitrogens with one attached hydrogen (secondary N) is 1. The number of anilines is 1. The highest BCUT2D eigenvalue weighted by Crippen LogP contribution is 2.19. The molecule has 5 nitrogen and oxygen atoms in total. The first-order valence-corrected chi connectivity index (χ1v) is 8.85. The van der Waals surface area contributed by atoms with E-state index in [1.54, 1.807) is 0 Å². The van der Waals surface area contributed by atoms with Crippen LogP contribution in [0.2, 0.25) is 0 Å². The molecule has 1 aliphatic heterocycles. The van der Waals surface area contributed by atoms with Crippen LogP contribution in [0.5, 0.6) is 0 Å². The fourth-order valence-electron chi connectivity index (χ4n) is 3.11. The van der Waals surface area contributed by atoms with Gasteiger partial charge in [0.1, 0.15) is 0 Å². The van der Waals surface area contributed by atoms with Crippen molar-refractivity contribution in [2.75, 3.05) is 52.3 Å². The van der Waals surface area contributed by atoms with Gasteiger partial charge in [0.2, 0.25) is 0 Å². The minimum Gasteiger partial charge on any atom is -0.381 e. The number of hydrogen-bond donors (Lipinski definition) is 1. The highest BCUT2D eigenvalue weighted by atomic mass is 127. The number of benzene rings is 1. The van der Waals surface area contributed by atoms with Crippen molar-refractivity contribution in [2.45, 2.75) is 26.8 Å². The Kier molecular flexibility index (Phi) is 9.56. The van der Waals surface area contributed by atoms with Crippen molar-refractivity contribution in [3.8, 4) is 0 Å². The highest BCUT2D eigenvalue weighted by molar-refractivity contribution is 14.0. The topological polar surface area (TPSA) is 40.1 Å². The molecule has 1 saturated heterocycles. The van der Waals surface area contributed by atoms with E-state index in [9.17, 15) is 0 Å². The summed E-state index contributed by atoms with van der Waals surface area (Å²) in [6, 6.07) is 6.60. The lowest BCUT2D eigenvalue weighted by atomic mass is 10.1. The third kappa shape index (κ3) is 6.33. The summed E-state index contributed by atoms with van der Waals surface area (Å²) in [7, 11) is 6.00. The van der Waals surface area contributed by atoms with E-state index in [2.05, 4.69) is 66.3 Å². The van der Waals surface area contributed by atoms with Gasteiger partial charge in [-0.1, -0.05) is 6.07 Å². The molecule has 25 heavy (non-hydrogen) atoms. The van der Waals surface area contributed by atoms with E-state index in [0.717, 1.165) is 38.8 Å². The molecule has 2 rings (SSSR count). The first-order chi connectivity index (χ1) is 11.5. The van der Waals surface area contributed by atoms with E-state index in [1.165, 1.54) is 23.2 Å². The number of rotatable bonds is 6. The van der Waals surface area contributed by atoms with E-state index in [-0.39, 0.29) is 24.0 Å². The van der Waals surface area contributed by atoms with Crippen LogP contribution in [0.4, 0.5) is 5.69 Å². The average molecular weight is 460 g/mol. The van der Waals surface area contributed by atoms with Crippen LogP contribution in [0, 0.1) is 12.8 Å². The Morgan fingerprint density at radius 3 is 2.76 bits per heavy atom. The lowest BCUT2D eigenvalue weighted by Crippen LogP contribution is -2.40. The summed E-state index contributed by atoms with van der Waals surface area (Å²) >= 11 is 0. The molecule has 1 fully saturated rings. The Bertz CT molecular complexity index is 562. The monoisotopic (exact) mass is 460 g/mol. The van der Waals surface area contributed by atoms with E-state index in [4.69, 9.17) is 4.74 Å². The highest BCUT2D eigenvalue weighted by Gasteiger charge is 2.24. The van der Waals surface area contributed by atoms with Crippen molar-refractivity contribution in [3.05, 3.63) is 29.3 Å². The number of aliphatic imine (C=N–C) groups is 1. The summed E-state index contributed by atoms with van der Waals surface area (Å²) in [5.41, 5.74) is 3.85. The lowest BCUT2D eigenvalue weighted by molar-refractivity contribution is 0.114. The molecule has 0 saturated carbocycles. The zero-order valence-corrected chi connectivity index (χ0v) is 18.5. The maximum atomic E-state index is 5.56. The van der Waals surface area contributed by atoms with E-state index >= 15 is 0 Å². The van der Waals surface area contributed by atoms with Gasteiger partial charge in [-0.25, -0.2) is 0 Å². The molecule has 1 aromatic carbocycles. The second kappa shape index (κ2) is 10.9. The van der Waals surface area contributed by atoms with Gasteiger partial charge in [0.05, 0.1) is 6.61 Å². The third-order valence-corrected chi connectivity index (χ3v) is 4.63. The van der Waals surface area contributed by atoms with Gasteiger partial charge in [-0.15, -0.1) is 24.0 Å². The van der Waals surface area contributed by atoms with Crippen LogP contribution in [0.25, 0.3) is 0 Å². The molecule has 1 N–H and O–H groups in total. The van der Waals surface area contributed by atoms with E-state index in [0.29, 0.717) is 5.92 Å². The van der Waals surface area contributed by atoms with E-state index < -0.39 is 0 Å². The summed E-state index contributed by atoms with van der Waals surface area (Å²) in [5.74, 6) is 1.61. The smallest absolute Gasteiger partial charge is 0.193 e. The number of aryl methyl sites for hydroxylation is 1. The molecule has 0 amide bonds. The second-order valence-electron chi connectivity index (χ2n) is 6.67. The predicted octanol–water partition coefficient (Wildman–Crippen LogP) is 3.11. The van der Waals surface area contributed by atoms with Gasteiger partial charge < -0.3 is 19.9 Å². The van der Waals surface area contributed by atoms with Crippen LogP contribution < -0.4 is 10.2 Å². The van der Waals surface area contributed by atoms with Gasteiger partial charge in [-0.2, -0.15) is 0 Å². The van der Waals surface area contributed by atoms with Crippen molar-refractivity contribution < 1.29 is 4.74 Å². The minimum atomic E-state index is 0. The second-order valence-corrected chi connectivity index (χ2v) is 6.67. The molecule has 1 aromatic rings. The number of nitrogens with zero attached hydrogens (tertiary/aromatic N) is 3. The molecule has 1 heterocycles. The SMILES string of the molecule is CCOCC1CCN(C(=NC)NCc2ccc(N(C)C)cc2C)C1.I. The largest absolute Gasteiger partial charge is 0.381 e. The van der Waals surface area contributed by atoms with Gasteiger partial charge in [0.25, 0.3) is 0 Å². The van der Waals surface area contributed by atoms with Crippen molar-refractivity contribution in [2.24, 2.45) is 10.9 Å². The number of guanidine groups is 1. The predicted molar refractivity (Wildman–Crippen MR) is 117 cm³/mol. The third-order valence-electron chi connectivity index (χ3n) is 4.63. The van der Waals surface area contributed by atoms with Crippen molar-refractivity contribution in [1.29, 1.82) is 0 Å². The van der Waals surface area contributed by atoms with Crippen LogP contribution in [0.3, 0.4) is 0 Å². The Hall–Kier alpha value is -1.02. The molecule has 0 spiro atoms. The zero-order chi connectivity index (χ0) is 17.5.